The molecule has 1 aliphatic rings. The lowest BCUT2D eigenvalue weighted by Crippen LogP contribution is -2.37. The maximum Gasteiger partial charge on any atom is 0.269 e. The number of carbonyl (C=O) groups excluding carboxylic acids is 1. The van der Waals surface area contributed by atoms with Crippen LogP contribution in [0.1, 0.15) is 38.2 Å². The number of nitrogens with one attached hydrogen (secondary N) is 1. The van der Waals surface area contributed by atoms with Crippen molar-refractivity contribution in [3.8, 4) is 5.75 Å². The minimum atomic E-state index is -0.651. The summed E-state index contributed by atoms with van der Waals surface area (Å²) in [5.41, 5.74) is 0.901. The van der Waals surface area contributed by atoms with Crippen LogP contribution >= 0.6 is 0 Å². The van der Waals surface area contributed by atoms with Gasteiger partial charge in [-0.25, -0.2) is 0 Å². The van der Waals surface area contributed by atoms with Crippen molar-refractivity contribution >= 4 is 17.3 Å². The highest BCUT2D eigenvalue weighted by Gasteiger charge is 2.42. The number of non-ortho nitro benzene ring substituents is 1. The van der Waals surface area contributed by atoms with Crippen LogP contribution in [0.2, 0.25) is 0 Å². The predicted molar refractivity (Wildman–Crippen MR) is 110 cm³/mol. The lowest BCUT2D eigenvalue weighted by molar-refractivity contribution is -0.384. The first kappa shape index (κ1) is 20.8. The zero-order valence-corrected chi connectivity index (χ0v) is 16.6. The number of nitrogens with zero attached hydrogens (tertiary/aromatic N) is 1. The Bertz CT molecular complexity index is 827. The highest BCUT2D eigenvalue weighted by Crippen LogP contribution is 2.42. The maximum atomic E-state index is 13.2. The molecule has 0 aliphatic heterocycles. The molecule has 3 rings (SSSR count). The molecule has 0 heterocycles. The SMILES string of the molecule is CCOCCOc1ccc(NC(=O)C2(c3ccc([N+](=O)[O-])cc3)CCCC2)cc1. The monoisotopic (exact) mass is 398 g/mol. The zero-order chi connectivity index (χ0) is 20.7. The van der Waals surface area contributed by atoms with Crippen LogP contribution in [0.3, 0.4) is 0 Å². The summed E-state index contributed by atoms with van der Waals surface area (Å²) < 4.78 is 10.8. The number of hydrogen-bond donors (Lipinski definition) is 1. The Balaban J connectivity index is 1.69. The van der Waals surface area contributed by atoms with E-state index in [0.717, 1.165) is 31.2 Å². The van der Waals surface area contributed by atoms with Crippen LogP contribution in [-0.4, -0.2) is 30.7 Å². The van der Waals surface area contributed by atoms with Crippen LogP contribution in [0.25, 0.3) is 0 Å². The zero-order valence-electron chi connectivity index (χ0n) is 16.6. The van der Waals surface area contributed by atoms with E-state index in [1.165, 1.54) is 12.1 Å². The van der Waals surface area contributed by atoms with Crippen molar-refractivity contribution in [2.24, 2.45) is 0 Å². The highest BCUT2D eigenvalue weighted by atomic mass is 16.6. The molecule has 1 amide bonds. The number of nitro groups is 1. The summed E-state index contributed by atoms with van der Waals surface area (Å²) in [5.74, 6) is 0.641. The van der Waals surface area contributed by atoms with Gasteiger partial charge < -0.3 is 14.8 Å². The fourth-order valence-electron chi connectivity index (χ4n) is 3.78. The Morgan fingerprint density at radius 2 is 1.72 bits per heavy atom. The van der Waals surface area contributed by atoms with Gasteiger partial charge in [-0.15, -0.1) is 0 Å². The van der Waals surface area contributed by atoms with Gasteiger partial charge in [0.2, 0.25) is 5.91 Å². The number of anilines is 1. The van der Waals surface area contributed by atoms with E-state index in [9.17, 15) is 14.9 Å². The largest absolute Gasteiger partial charge is 0.491 e. The Hall–Kier alpha value is -2.93. The molecule has 0 radical (unpaired) electrons. The Kier molecular flexibility index (Phi) is 6.82. The van der Waals surface area contributed by atoms with E-state index in [-0.39, 0.29) is 11.6 Å². The summed E-state index contributed by atoms with van der Waals surface area (Å²) in [6.45, 7) is 3.60. The van der Waals surface area contributed by atoms with Crippen molar-refractivity contribution in [1.29, 1.82) is 0 Å². The fraction of sp³-hybridized carbons (Fsp3) is 0.409. The average molecular weight is 398 g/mol. The molecule has 0 atom stereocenters. The molecule has 7 nitrogen and oxygen atoms in total. The van der Waals surface area contributed by atoms with Gasteiger partial charge in [-0.1, -0.05) is 25.0 Å². The standard InChI is InChI=1S/C22H26N2O5/c1-2-28-15-16-29-20-11-7-18(8-12-20)23-21(25)22(13-3-4-14-22)17-5-9-19(10-6-17)24(26)27/h5-12H,2-4,13-16H2,1H3,(H,23,25). The lowest BCUT2D eigenvalue weighted by atomic mass is 9.78. The Morgan fingerprint density at radius 3 is 2.31 bits per heavy atom. The van der Waals surface area contributed by atoms with E-state index in [1.807, 2.05) is 31.2 Å². The van der Waals surface area contributed by atoms with E-state index in [2.05, 4.69) is 5.32 Å². The van der Waals surface area contributed by atoms with Crippen molar-refractivity contribution in [2.45, 2.75) is 38.0 Å². The molecule has 0 spiro atoms. The molecule has 0 aromatic heterocycles. The minimum Gasteiger partial charge on any atom is -0.491 e. The molecule has 1 saturated carbocycles. The van der Waals surface area contributed by atoms with Gasteiger partial charge in [-0.2, -0.15) is 0 Å². The highest BCUT2D eigenvalue weighted by molar-refractivity contribution is 5.99. The average Bonchev–Trinajstić information content (AvgIpc) is 3.24. The summed E-state index contributed by atoms with van der Waals surface area (Å²) in [7, 11) is 0. The first-order valence-corrected chi connectivity index (χ1v) is 9.92. The molecule has 0 unspecified atom stereocenters. The second kappa shape index (κ2) is 9.52. The molecule has 0 bridgehead atoms. The molecule has 154 valence electrons. The number of carbonyl (C=O) groups is 1. The second-order valence-electron chi connectivity index (χ2n) is 7.12. The molecule has 2 aromatic rings. The molecule has 1 N–H and O–H groups in total. The van der Waals surface area contributed by atoms with E-state index in [1.54, 1.807) is 12.1 Å². The number of amides is 1. The van der Waals surface area contributed by atoms with Crippen molar-refractivity contribution < 1.29 is 19.2 Å². The molecule has 1 aliphatic carbocycles. The number of rotatable bonds is 9. The van der Waals surface area contributed by atoms with E-state index in [0.29, 0.717) is 31.3 Å². The molecular formula is C22H26N2O5. The van der Waals surface area contributed by atoms with Gasteiger partial charge in [-0.05, 0) is 49.6 Å². The third-order valence-electron chi connectivity index (χ3n) is 5.34. The lowest BCUT2D eigenvalue weighted by Gasteiger charge is -2.28. The van der Waals surface area contributed by atoms with Crippen molar-refractivity contribution in [3.05, 3.63) is 64.2 Å². The van der Waals surface area contributed by atoms with Crippen LogP contribution in [-0.2, 0) is 14.9 Å². The third kappa shape index (κ3) is 4.92. The van der Waals surface area contributed by atoms with Crippen molar-refractivity contribution in [1.82, 2.24) is 0 Å². The van der Waals surface area contributed by atoms with Gasteiger partial charge in [0.1, 0.15) is 12.4 Å². The molecule has 0 saturated heterocycles. The summed E-state index contributed by atoms with van der Waals surface area (Å²) in [6, 6.07) is 13.6. The first-order chi connectivity index (χ1) is 14.0. The maximum absolute atomic E-state index is 13.2. The number of hydrogen-bond acceptors (Lipinski definition) is 5. The molecule has 29 heavy (non-hydrogen) atoms. The van der Waals surface area contributed by atoms with Crippen LogP contribution in [0.4, 0.5) is 11.4 Å². The van der Waals surface area contributed by atoms with Gasteiger partial charge >= 0.3 is 0 Å². The van der Waals surface area contributed by atoms with E-state index in [4.69, 9.17) is 9.47 Å². The third-order valence-corrected chi connectivity index (χ3v) is 5.34. The van der Waals surface area contributed by atoms with Gasteiger partial charge in [0.25, 0.3) is 5.69 Å². The van der Waals surface area contributed by atoms with Gasteiger partial charge in [0, 0.05) is 24.4 Å². The van der Waals surface area contributed by atoms with Gasteiger partial charge in [0.15, 0.2) is 0 Å². The van der Waals surface area contributed by atoms with Crippen LogP contribution in [0.5, 0.6) is 5.75 Å². The fourth-order valence-corrected chi connectivity index (χ4v) is 3.78. The van der Waals surface area contributed by atoms with Gasteiger partial charge in [0.05, 0.1) is 16.9 Å². The summed E-state index contributed by atoms with van der Waals surface area (Å²) in [5, 5.41) is 13.9. The number of nitro benzene ring substituents is 1. The van der Waals surface area contributed by atoms with Gasteiger partial charge in [-0.3, -0.25) is 14.9 Å². The van der Waals surface area contributed by atoms with Crippen molar-refractivity contribution in [2.75, 3.05) is 25.1 Å². The molecule has 7 heteroatoms. The smallest absolute Gasteiger partial charge is 0.269 e. The van der Waals surface area contributed by atoms with Crippen LogP contribution in [0, 0.1) is 10.1 Å². The predicted octanol–water partition coefficient (Wildman–Crippen LogP) is 4.46. The molecule has 2 aromatic carbocycles. The van der Waals surface area contributed by atoms with Crippen LogP contribution < -0.4 is 10.1 Å². The summed E-state index contributed by atoms with van der Waals surface area (Å²) in [6.07, 6.45) is 3.37. The topological polar surface area (TPSA) is 90.7 Å². The van der Waals surface area contributed by atoms with Crippen LogP contribution in [0.15, 0.2) is 48.5 Å². The summed E-state index contributed by atoms with van der Waals surface area (Å²) >= 11 is 0. The first-order valence-electron chi connectivity index (χ1n) is 9.92. The minimum absolute atomic E-state index is 0.0298. The van der Waals surface area contributed by atoms with Crippen molar-refractivity contribution in [3.63, 3.8) is 0 Å². The Morgan fingerprint density at radius 1 is 1.07 bits per heavy atom. The van der Waals surface area contributed by atoms with E-state index >= 15 is 0 Å². The second-order valence-corrected chi connectivity index (χ2v) is 7.12. The quantitative estimate of drug-likeness (QED) is 0.383. The van der Waals surface area contributed by atoms with E-state index < -0.39 is 10.3 Å². The summed E-state index contributed by atoms with van der Waals surface area (Å²) in [4.78, 5) is 23.7. The molecule has 1 fully saturated rings. The normalized spacial score (nSPS) is 15.1. The Labute approximate surface area is 170 Å². The number of ether oxygens (including phenoxy) is 2. The number of benzene rings is 2. The molecular weight excluding hydrogens is 372 g/mol.